The third-order valence-corrected chi connectivity index (χ3v) is 3.63. The number of pyridine rings is 1. The minimum absolute atomic E-state index is 0.272. The van der Waals surface area contributed by atoms with Crippen LogP contribution in [0.25, 0.3) is 0 Å². The van der Waals surface area contributed by atoms with Crippen molar-refractivity contribution < 1.29 is 4.74 Å². The second-order valence-corrected chi connectivity index (χ2v) is 5.04. The summed E-state index contributed by atoms with van der Waals surface area (Å²) in [5.41, 5.74) is 13.0. The smallest absolute Gasteiger partial charge is 0.221 e. The summed E-state index contributed by atoms with van der Waals surface area (Å²) < 4.78 is 5.44. The Morgan fingerprint density at radius 1 is 1.33 bits per heavy atom. The molecule has 0 radical (unpaired) electrons. The SMILES string of the molecule is COc1c(C)cnc(CN2NCc3cnc(N)nc32)c1C. The number of aromatic nitrogens is 3. The summed E-state index contributed by atoms with van der Waals surface area (Å²) in [7, 11) is 1.68. The molecule has 110 valence electrons. The topological polar surface area (TPSA) is 89.2 Å². The Labute approximate surface area is 123 Å². The molecule has 0 saturated carbocycles. The number of hydrogen-bond donors (Lipinski definition) is 2. The minimum Gasteiger partial charge on any atom is -0.496 e. The molecule has 1 aliphatic heterocycles. The van der Waals surface area contributed by atoms with E-state index in [1.165, 1.54) is 0 Å². The van der Waals surface area contributed by atoms with Crippen LogP contribution in [0, 0.1) is 13.8 Å². The van der Waals surface area contributed by atoms with Crippen molar-refractivity contribution in [1.82, 2.24) is 20.4 Å². The molecule has 0 fully saturated rings. The summed E-state index contributed by atoms with van der Waals surface area (Å²) in [6.45, 7) is 5.28. The van der Waals surface area contributed by atoms with Gasteiger partial charge in [-0.3, -0.25) is 9.99 Å². The van der Waals surface area contributed by atoms with Crippen molar-refractivity contribution in [1.29, 1.82) is 0 Å². The molecule has 0 amide bonds. The second-order valence-electron chi connectivity index (χ2n) is 5.04. The van der Waals surface area contributed by atoms with E-state index in [-0.39, 0.29) is 5.95 Å². The van der Waals surface area contributed by atoms with Crippen LogP contribution in [-0.2, 0) is 13.1 Å². The molecule has 3 N–H and O–H groups in total. The molecule has 1 aliphatic rings. The van der Waals surface area contributed by atoms with Crippen LogP contribution >= 0.6 is 0 Å². The van der Waals surface area contributed by atoms with Crippen molar-refractivity contribution in [3.05, 3.63) is 34.8 Å². The maximum absolute atomic E-state index is 5.67. The number of rotatable bonds is 3. The molecular weight excluding hydrogens is 268 g/mol. The first kappa shape index (κ1) is 13.6. The fourth-order valence-electron chi connectivity index (χ4n) is 2.54. The summed E-state index contributed by atoms with van der Waals surface area (Å²) in [5.74, 6) is 1.96. The van der Waals surface area contributed by atoms with Gasteiger partial charge in [-0.1, -0.05) is 0 Å². The molecule has 2 aromatic rings. The average Bonchev–Trinajstić information content (AvgIpc) is 2.85. The van der Waals surface area contributed by atoms with E-state index < -0.39 is 0 Å². The highest BCUT2D eigenvalue weighted by Gasteiger charge is 2.23. The van der Waals surface area contributed by atoms with Gasteiger partial charge in [-0.15, -0.1) is 0 Å². The fraction of sp³-hybridized carbons (Fsp3) is 0.357. The number of hydrazine groups is 1. The first-order valence-electron chi connectivity index (χ1n) is 6.71. The van der Waals surface area contributed by atoms with Crippen LogP contribution in [0.15, 0.2) is 12.4 Å². The summed E-state index contributed by atoms with van der Waals surface area (Å²) in [6.07, 6.45) is 3.58. The van der Waals surface area contributed by atoms with E-state index >= 15 is 0 Å². The van der Waals surface area contributed by atoms with Crippen LogP contribution < -0.4 is 20.9 Å². The highest BCUT2D eigenvalue weighted by molar-refractivity contribution is 5.52. The molecule has 0 aromatic carbocycles. The standard InChI is InChI=1S/C14H18N6O/c1-8-4-16-11(9(2)12(8)21-3)7-20-13-10(6-18-20)5-17-14(15)19-13/h4-5,18H,6-7H2,1-3H3,(H2,15,17,19). The fourth-order valence-corrected chi connectivity index (χ4v) is 2.54. The second kappa shape index (κ2) is 5.17. The number of nitrogens with zero attached hydrogens (tertiary/aromatic N) is 4. The van der Waals surface area contributed by atoms with E-state index in [2.05, 4.69) is 20.4 Å². The van der Waals surface area contributed by atoms with Crippen molar-refractivity contribution >= 4 is 11.8 Å². The molecule has 7 nitrogen and oxygen atoms in total. The van der Waals surface area contributed by atoms with Gasteiger partial charge in [0.1, 0.15) is 5.75 Å². The van der Waals surface area contributed by atoms with Gasteiger partial charge in [-0.2, -0.15) is 4.98 Å². The molecule has 0 aliphatic carbocycles. The van der Waals surface area contributed by atoms with Crippen LogP contribution in [0.2, 0.25) is 0 Å². The van der Waals surface area contributed by atoms with Crippen molar-refractivity contribution in [2.45, 2.75) is 26.9 Å². The number of methoxy groups -OCH3 is 1. The summed E-state index contributed by atoms with van der Waals surface area (Å²) in [4.78, 5) is 12.8. The van der Waals surface area contributed by atoms with Gasteiger partial charge in [0.25, 0.3) is 0 Å². The summed E-state index contributed by atoms with van der Waals surface area (Å²) in [5, 5.41) is 1.94. The van der Waals surface area contributed by atoms with Gasteiger partial charge in [0.2, 0.25) is 5.95 Å². The van der Waals surface area contributed by atoms with E-state index in [0.29, 0.717) is 13.1 Å². The molecule has 0 spiro atoms. The van der Waals surface area contributed by atoms with E-state index in [0.717, 1.165) is 34.0 Å². The minimum atomic E-state index is 0.272. The zero-order valence-electron chi connectivity index (χ0n) is 12.3. The van der Waals surface area contributed by atoms with Gasteiger partial charge in [0, 0.05) is 35.6 Å². The monoisotopic (exact) mass is 286 g/mol. The van der Waals surface area contributed by atoms with Gasteiger partial charge in [-0.25, -0.2) is 10.4 Å². The zero-order chi connectivity index (χ0) is 15.0. The van der Waals surface area contributed by atoms with Crippen LogP contribution in [0.5, 0.6) is 5.75 Å². The largest absolute Gasteiger partial charge is 0.496 e. The van der Waals surface area contributed by atoms with Gasteiger partial charge in [0.15, 0.2) is 5.82 Å². The van der Waals surface area contributed by atoms with Crippen LogP contribution in [0.3, 0.4) is 0 Å². The highest BCUT2D eigenvalue weighted by atomic mass is 16.5. The average molecular weight is 286 g/mol. The highest BCUT2D eigenvalue weighted by Crippen LogP contribution is 2.28. The lowest BCUT2D eigenvalue weighted by molar-refractivity contribution is 0.406. The van der Waals surface area contributed by atoms with Gasteiger partial charge >= 0.3 is 0 Å². The molecule has 0 saturated heterocycles. The van der Waals surface area contributed by atoms with Crippen LogP contribution in [0.1, 0.15) is 22.4 Å². The van der Waals surface area contributed by atoms with E-state index in [9.17, 15) is 0 Å². The quantitative estimate of drug-likeness (QED) is 0.873. The van der Waals surface area contributed by atoms with Crippen molar-refractivity contribution in [2.75, 3.05) is 17.9 Å². The van der Waals surface area contributed by atoms with Crippen molar-refractivity contribution in [3.8, 4) is 5.75 Å². The maximum atomic E-state index is 5.67. The van der Waals surface area contributed by atoms with Gasteiger partial charge < -0.3 is 10.5 Å². The predicted molar refractivity (Wildman–Crippen MR) is 79.7 cm³/mol. The number of nitrogen functional groups attached to an aromatic ring is 1. The summed E-state index contributed by atoms with van der Waals surface area (Å²) >= 11 is 0. The lowest BCUT2D eigenvalue weighted by atomic mass is 10.1. The van der Waals surface area contributed by atoms with Gasteiger partial charge in [0.05, 0.1) is 19.3 Å². The first-order valence-corrected chi connectivity index (χ1v) is 6.71. The number of aryl methyl sites for hydroxylation is 1. The number of fused-ring (bicyclic) bond motifs is 1. The Balaban J connectivity index is 1.91. The van der Waals surface area contributed by atoms with E-state index in [1.54, 1.807) is 13.3 Å². The maximum Gasteiger partial charge on any atom is 0.221 e. The zero-order valence-corrected chi connectivity index (χ0v) is 12.3. The Kier molecular flexibility index (Phi) is 3.34. The molecule has 0 unspecified atom stereocenters. The molecule has 7 heteroatoms. The van der Waals surface area contributed by atoms with E-state index in [4.69, 9.17) is 10.5 Å². The number of nitrogens with two attached hydrogens (primary N) is 1. The van der Waals surface area contributed by atoms with Gasteiger partial charge in [-0.05, 0) is 13.8 Å². The Hall–Kier alpha value is -2.41. The predicted octanol–water partition coefficient (Wildman–Crippen LogP) is 1.10. The lowest BCUT2D eigenvalue weighted by Gasteiger charge is -2.20. The Morgan fingerprint density at radius 2 is 2.14 bits per heavy atom. The molecule has 0 bridgehead atoms. The lowest BCUT2D eigenvalue weighted by Crippen LogP contribution is -2.32. The van der Waals surface area contributed by atoms with Crippen LogP contribution in [-0.4, -0.2) is 22.1 Å². The summed E-state index contributed by atoms with van der Waals surface area (Å²) in [6, 6.07) is 0. The normalized spacial score (nSPS) is 13.4. The number of anilines is 2. The molecule has 3 rings (SSSR count). The third kappa shape index (κ3) is 2.36. The van der Waals surface area contributed by atoms with E-state index in [1.807, 2.05) is 25.1 Å². The third-order valence-electron chi connectivity index (χ3n) is 3.63. The molecule has 3 heterocycles. The Bertz CT molecular complexity index is 687. The molecule has 21 heavy (non-hydrogen) atoms. The van der Waals surface area contributed by atoms with Crippen molar-refractivity contribution in [2.24, 2.45) is 0 Å². The van der Waals surface area contributed by atoms with Crippen molar-refractivity contribution in [3.63, 3.8) is 0 Å². The molecular formula is C14H18N6O. The number of hydrogen-bond acceptors (Lipinski definition) is 7. The van der Waals surface area contributed by atoms with Crippen LogP contribution in [0.4, 0.5) is 11.8 Å². The first-order chi connectivity index (χ1) is 10.1. The molecule has 0 atom stereocenters. The number of ether oxygens (including phenoxy) is 1. The number of nitrogens with one attached hydrogen (secondary N) is 1. The molecule has 2 aromatic heterocycles. The Morgan fingerprint density at radius 3 is 2.90 bits per heavy atom.